The molecule has 0 aromatic carbocycles. The zero-order chi connectivity index (χ0) is 10.7. The first-order valence-electron chi connectivity index (χ1n) is 5.84. The van der Waals surface area contributed by atoms with Crippen molar-refractivity contribution in [3.8, 4) is 0 Å². The Bertz CT molecular complexity index is 330. The Morgan fingerprint density at radius 2 is 2.20 bits per heavy atom. The summed E-state index contributed by atoms with van der Waals surface area (Å²) in [6, 6.07) is 2.77. The van der Waals surface area contributed by atoms with Crippen molar-refractivity contribution in [2.75, 3.05) is 6.54 Å². The second-order valence-corrected chi connectivity index (χ2v) is 4.25. The topological polar surface area (TPSA) is 37.8 Å². The summed E-state index contributed by atoms with van der Waals surface area (Å²) in [4.78, 5) is 8.89. The van der Waals surface area contributed by atoms with Crippen molar-refractivity contribution < 1.29 is 0 Å². The van der Waals surface area contributed by atoms with E-state index in [1.165, 1.54) is 18.5 Å². The molecule has 2 heterocycles. The molecule has 0 radical (unpaired) electrons. The molecule has 1 unspecified atom stereocenters. The number of nitrogens with one attached hydrogen (secondary N) is 1. The molecule has 1 aromatic rings. The summed E-state index contributed by atoms with van der Waals surface area (Å²) in [5.41, 5.74) is 2.36. The molecule has 0 bridgehead atoms. The normalized spacial score (nSPS) is 20.8. The van der Waals surface area contributed by atoms with E-state index in [0.29, 0.717) is 6.04 Å². The molecule has 1 aromatic heterocycles. The van der Waals surface area contributed by atoms with Crippen LogP contribution in [0.2, 0.25) is 0 Å². The summed E-state index contributed by atoms with van der Waals surface area (Å²) in [6.07, 6.45) is 4.63. The number of aromatic nitrogens is 2. The maximum Gasteiger partial charge on any atom is 0.125 e. The number of hydrogen-bond donors (Lipinski definition) is 1. The molecule has 1 fully saturated rings. The van der Waals surface area contributed by atoms with E-state index < -0.39 is 0 Å². The van der Waals surface area contributed by atoms with Crippen LogP contribution in [0.1, 0.15) is 37.0 Å². The Balaban J connectivity index is 2.09. The van der Waals surface area contributed by atoms with E-state index in [9.17, 15) is 0 Å². The lowest BCUT2D eigenvalue weighted by Crippen LogP contribution is -2.24. The molecule has 3 nitrogen and oxygen atoms in total. The van der Waals surface area contributed by atoms with Crippen LogP contribution in [0.15, 0.2) is 6.07 Å². The van der Waals surface area contributed by atoms with Gasteiger partial charge in [-0.2, -0.15) is 0 Å². The number of aryl methyl sites for hydroxylation is 2. The SMILES string of the molecule is CCc1cc(CC2CCCN2)nc(C)n1. The Hall–Kier alpha value is -0.960. The number of hydrogen-bond acceptors (Lipinski definition) is 3. The minimum absolute atomic E-state index is 0.629. The van der Waals surface area contributed by atoms with Crippen molar-refractivity contribution in [2.24, 2.45) is 0 Å². The molecule has 15 heavy (non-hydrogen) atoms. The Kier molecular flexibility index (Phi) is 3.31. The average Bonchev–Trinajstić information content (AvgIpc) is 2.69. The van der Waals surface area contributed by atoms with Crippen LogP contribution in [-0.2, 0) is 12.8 Å². The molecular formula is C12H19N3. The van der Waals surface area contributed by atoms with Crippen LogP contribution in [-0.4, -0.2) is 22.6 Å². The Morgan fingerprint density at radius 3 is 2.87 bits per heavy atom. The van der Waals surface area contributed by atoms with Crippen molar-refractivity contribution in [1.82, 2.24) is 15.3 Å². The van der Waals surface area contributed by atoms with Gasteiger partial charge in [0.25, 0.3) is 0 Å². The Labute approximate surface area is 91.3 Å². The highest BCUT2D eigenvalue weighted by atomic mass is 14.9. The monoisotopic (exact) mass is 205 g/mol. The second kappa shape index (κ2) is 4.71. The first-order chi connectivity index (χ1) is 7.28. The fourth-order valence-corrected chi connectivity index (χ4v) is 2.17. The van der Waals surface area contributed by atoms with Crippen LogP contribution < -0.4 is 5.32 Å². The van der Waals surface area contributed by atoms with Gasteiger partial charge in [0.2, 0.25) is 0 Å². The molecule has 0 saturated carbocycles. The fraction of sp³-hybridized carbons (Fsp3) is 0.667. The van der Waals surface area contributed by atoms with E-state index in [2.05, 4.69) is 28.3 Å². The smallest absolute Gasteiger partial charge is 0.125 e. The lowest BCUT2D eigenvalue weighted by molar-refractivity contribution is 0.592. The maximum absolute atomic E-state index is 4.49. The van der Waals surface area contributed by atoms with E-state index in [1.807, 2.05) is 6.92 Å². The highest BCUT2D eigenvalue weighted by Crippen LogP contribution is 2.11. The summed E-state index contributed by atoms with van der Waals surface area (Å²) in [6.45, 7) is 5.28. The zero-order valence-corrected chi connectivity index (χ0v) is 9.58. The summed E-state index contributed by atoms with van der Waals surface area (Å²) in [7, 11) is 0. The standard InChI is InChI=1S/C12H19N3/c1-3-10-7-12(15-9(2)14-10)8-11-5-4-6-13-11/h7,11,13H,3-6,8H2,1-2H3. The summed E-state index contributed by atoms with van der Waals surface area (Å²) in [5, 5.41) is 3.50. The van der Waals surface area contributed by atoms with Gasteiger partial charge < -0.3 is 5.32 Å². The van der Waals surface area contributed by atoms with Crippen LogP contribution in [0.25, 0.3) is 0 Å². The molecule has 1 saturated heterocycles. The quantitative estimate of drug-likeness (QED) is 0.815. The van der Waals surface area contributed by atoms with Gasteiger partial charge in [0.05, 0.1) is 0 Å². The first kappa shape index (κ1) is 10.6. The molecule has 0 spiro atoms. The average molecular weight is 205 g/mol. The zero-order valence-electron chi connectivity index (χ0n) is 9.58. The van der Waals surface area contributed by atoms with Gasteiger partial charge in [-0.15, -0.1) is 0 Å². The third kappa shape index (κ3) is 2.75. The van der Waals surface area contributed by atoms with E-state index in [4.69, 9.17) is 0 Å². The number of rotatable bonds is 3. The van der Waals surface area contributed by atoms with E-state index in [0.717, 1.165) is 30.9 Å². The summed E-state index contributed by atoms with van der Waals surface area (Å²) < 4.78 is 0. The molecular weight excluding hydrogens is 186 g/mol. The van der Waals surface area contributed by atoms with Crippen LogP contribution in [0.5, 0.6) is 0 Å². The van der Waals surface area contributed by atoms with Gasteiger partial charge >= 0.3 is 0 Å². The third-order valence-corrected chi connectivity index (χ3v) is 2.92. The fourth-order valence-electron chi connectivity index (χ4n) is 2.17. The molecule has 1 atom stereocenters. The van der Waals surface area contributed by atoms with Crippen molar-refractivity contribution >= 4 is 0 Å². The molecule has 82 valence electrons. The minimum Gasteiger partial charge on any atom is -0.314 e. The predicted molar refractivity (Wildman–Crippen MR) is 60.9 cm³/mol. The van der Waals surface area contributed by atoms with Gasteiger partial charge in [-0.3, -0.25) is 0 Å². The number of nitrogens with zero attached hydrogens (tertiary/aromatic N) is 2. The van der Waals surface area contributed by atoms with Gasteiger partial charge in [-0.1, -0.05) is 6.92 Å². The highest BCUT2D eigenvalue weighted by Gasteiger charge is 2.15. The largest absolute Gasteiger partial charge is 0.314 e. The van der Waals surface area contributed by atoms with Gasteiger partial charge in [0, 0.05) is 23.9 Å². The van der Waals surface area contributed by atoms with Gasteiger partial charge in [-0.05, 0) is 38.8 Å². The highest BCUT2D eigenvalue weighted by molar-refractivity contribution is 5.12. The minimum atomic E-state index is 0.629. The molecule has 3 heteroatoms. The van der Waals surface area contributed by atoms with Gasteiger partial charge in [0.1, 0.15) is 5.82 Å². The predicted octanol–water partition coefficient (Wildman–Crippen LogP) is 1.64. The Morgan fingerprint density at radius 1 is 1.40 bits per heavy atom. The van der Waals surface area contributed by atoms with Crippen molar-refractivity contribution in [2.45, 2.75) is 45.6 Å². The summed E-state index contributed by atoms with van der Waals surface area (Å²) >= 11 is 0. The third-order valence-electron chi connectivity index (χ3n) is 2.92. The molecule has 1 N–H and O–H groups in total. The van der Waals surface area contributed by atoms with Crippen molar-refractivity contribution in [1.29, 1.82) is 0 Å². The van der Waals surface area contributed by atoms with Gasteiger partial charge in [-0.25, -0.2) is 9.97 Å². The summed E-state index contributed by atoms with van der Waals surface area (Å²) in [5.74, 6) is 0.905. The van der Waals surface area contributed by atoms with Crippen LogP contribution in [0.4, 0.5) is 0 Å². The van der Waals surface area contributed by atoms with E-state index in [-0.39, 0.29) is 0 Å². The molecule has 1 aliphatic heterocycles. The van der Waals surface area contributed by atoms with Gasteiger partial charge in [0.15, 0.2) is 0 Å². The van der Waals surface area contributed by atoms with E-state index in [1.54, 1.807) is 0 Å². The van der Waals surface area contributed by atoms with E-state index >= 15 is 0 Å². The van der Waals surface area contributed by atoms with Crippen LogP contribution >= 0.6 is 0 Å². The van der Waals surface area contributed by atoms with Crippen molar-refractivity contribution in [3.63, 3.8) is 0 Å². The van der Waals surface area contributed by atoms with Crippen LogP contribution in [0, 0.1) is 6.92 Å². The van der Waals surface area contributed by atoms with Crippen molar-refractivity contribution in [3.05, 3.63) is 23.3 Å². The first-order valence-corrected chi connectivity index (χ1v) is 5.84. The second-order valence-electron chi connectivity index (χ2n) is 4.25. The maximum atomic E-state index is 4.49. The molecule has 0 aliphatic carbocycles. The molecule has 1 aliphatic rings. The molecule has 0 amide bonds. The lowest BCUT2D eigenvalue weighted by atomic mass is 10.1. The molecule has 2 rings (SSSR count). The van der Waals surface area contributed by atoms with Crippen LogP contribution in [0.3, 0.4) is 0 Å². The lowest BCUT2D eigenvalue weighted by Gasteiger charge is -2.10.